The molecule has 1 heterocycles. The van der Waals surface area contributed by atoms with E-state index in [0.717, 1.165) is 12.1 Å². The summed E-state index contributed by atoms with van der Waals surface area (Å²) in [7, 11) is 0. The highest BCUT2D eigenvalue weighted by Gasteiger charge is 2.26. The zero-order valence-corrected chi connectivity index (χ0v) is 10.8. The lowest BCUT2D eigenvalue weighted by atomic mass is 9.77. The number of pyridine rings is 1. The van der Waals surface area contributed by atoms with Crippen LogP contribution < -0.4 is 5.56 Å². The number of hydrogen-bond donors (Lipinski definition) is 0. The molecule has 0 N–H and O–H groups in total. The molecular weight excluding hydrogens is 236 g/mol. The summed E-state index contributed by atoms with van der Waals surface area (Å²) in [6.45, 7) is 2.57. The van der Waals surface area contributed by atoms with E-state index in [2.05, 4.69) is 12.1 Å². The Kier molecular flexibility index (Phi) is 2.72. The summed E-state index contributed by atoms with van der Waals surface area (Å²) in [4.78, 5) is 12.1. The van der Waals surface area contributed by atoms with E-state index >= 15 is 0 Å². The third-order valence-electron chi connectivity index (χ3n) is 3.88. The number of benzene rings is 1. The molecule has 1 aromatic heterocycles. The average molecular weight is 250 g/mol. The van der Waals surface area contributed by atoms with Gasteiger partial charge in [0.1, 0.15) is 11.6 Å². The molecule has 1 aromatic carbocycles. The smallest absolute Gasteiger partial charge is 0.268 e. The van der Waals surface area contributed by atoms with Crippen LogP contribution in [0.1, 0.15) is 28.3 Å². The van der Waals surface area contributed by atoms with Gasteiger partial charge in [-0.1, -0.05) is 24.3 Å². The van der Waals surface area contributed by atoms with Gasteiger partial charge in [-0.2, -0.15) is 5.26 Å². The van der Waals surface area contributed by atoms with Crippen molar-refractivity contribution in [1.82, 2.24) is 4.57 Å². The maximum absolute atomic E-state index is 12.1. The maximum atomic E-state index is 12.1. The van der Waals surface area contributed by atoms with E-state index in [4.69, 9.17) is 5.26 Å². The summed E-state index contributed by atoms with van der Waals surface area (Å²) in [5, 5.41) is 8.93. The summed E-state index contributed by atoms with van der Waals surface area (Å²) in [6, 6.07) is 13.7. The Balaban J connectivity index is 1.95. The largest absolute Gasteiger partial charge is 0.311 e. The summed E-state index contributed by atoms with van der Waals surface area (Å²) in [5.74, 6) is 0.390. The Labute approximate surface area is 111 Å². The van der Waals surface area contributed by atoms with Gasteiger partial charge in [0.05, 0.1) is 0 Å². The first-order valence-electron chi connectivity index (χ1n) is 6.39. The number of nitrogens with zero attached hydrogens (tertiary/aromatic N) is 2. The van der Waals surface area contributed by atoms with Gasteiger partial charge in [-0.3, -0.25) is 4.79 Å². The number of aryl methyl sites for hydroxylation is 1. The van der Waals surface area contributed by atoms with Gasteiger partial charge < -0.3 is 4.57 Å². The topological polar surface area (TPSA) is 45.8 Å². The van der Waals surface area contributed by atoms with Gasteiger partial charge in [0.15, 0.2) is 0 Å². The molecule has 19 heavy (non-hydrogen) atoms. The van der Waals surface area contributed by atoms with E-state index in [9.17, 15) is 4.79 Å². The molecule has 1 atom stereocenters. The molecule has 0 saturated heterocycles. The molecule has 0 amide bonds. The van der Waals surface area contributed by atoms with Crippen molar-refractivity contribution in [2.75, 3.05) is 0 Å². The molecule has 0 bridgehead atoms. The SMILES string of the molecule is Cc1ccc(C#N)c(=O)n1CC1Cc2ccccc21. The van der Waals surface area contributed by atoms with Crippen LogP contribution in [0.3, 0.4) is 0 Å². The van der Waals surface area contributed by atoms with E-state index in [1.165, 1.54) is 11.1 Å². The second-order valence-corrected chi connectivity index (χ2v) is 5.02. The number of aromatic nitrogens is 1. The Morgan fingerprint density at radius 2 is 2.11 bits per heavy atom. The van der Waals surface area contributed by atoms with Gasteiger partial charge in [0, 0.05) is 18.2 Å². The molecule has 0 fully saturated rings. The molecule has 1 aliphatic rings. The zero-order valence-electron chi connectivity index (χ0n) is 10.8. The van der Waals surface area contributed by atoms with Crippen LogP contribution in [0.2, 0.25) is 0 Å². The minimum atomic E-state index is -0.174. The standard InChI is InChI=1S/C16H14N2O/c1-11-6-7-13(9-17)16(19)18(11)10-14-8-12-4-2-3-5-15(12)14/h2-7,14H,8,10H2,1H3. The predicted molar refractivity (Wildman–Crippen MR) is 73.0 cm³/mol. The first kappa shape index (κ1) is 11.7. The normalized spacial score (nSPS) is 16.3. The van der Waals surface area contributed by atoms with Crippen molar-refractivity contribution in [3.63, 3.8) is 0 Å². The van der Waals surface area contributed by atoms with Gasteiger partial charge in [-0.25, -0.2) is 0 Å². The molecule has 94 valence electrons. The quantitative estimate of drug-likeness (QED) is 0.821. The van der Waals surface area contributed by atoms with Crippen molar-refractivity contribution in [3.8, 4) is 6.07 Å². The molecule has 1 unspecified atom stereocenters. The van der Waals surface area contributed by atoms with Crippen molar-refractivity contribution < 1.29 is 0 Å². The van der Waals surface area contributed by atoms with E-state index in [-0.39, 0.29) is 11.1 Å². The minimum Gasteiger partial charge on any atom is -0.311 e. The summed E-state index contributed by atoms with van der Waals surface area (Å²) in [5.41, 5.74) is 3.66. The maximum Gasteiger partial charge on any atom is 0.268 e. The molecule has 3 nitrogen and oxygen atoms in total. The van der Waals surface area contributed by atoms with Gasteiger partial charge in [-0.15, -0.1) is 0 Å². The molecule has 2 aromatic rings. The minimum absolute atomic E-state index is 0.174. The molecular formula is C16H14N2O. The molecule has 3 heteroatoms. The van der Waals surface area contributed by atoms with Crippen LogP contribution in [0.4, 0.5) is 0 Å². The second-order valence-electron chi connectivity index (χ2n) is 5.02. The fraction of sp³-hybridized carbons (Fsp3) is 0.250. The molecule has 0 aliphatic heterocycles. The Hall–Kier alpha value is -2.34. The van der Waals surface area contributed by atoms with Crippen LogP contribution in [0, 0.1) is 18.3 Å². The summed E-state index contributed by atoms with van der Waals surface area (Å²) < 4.78 is 1.72. The van der Waals surface area contributed by atoms with Crippen LogP contribution in [0.5, 0.6) is 0 Å². The van der Waals surface area contributed by atoms with Crippen molar-refractivity contribution >= 4 is 0 Å². The fourth-order valence-electron chi connectivity index (χ4n) is 2.73. The summed E-state index contributed by atoms with van der Waals surface area (Å²) >= 11 is 0. The van der Waals surface area contributed by atoms with Crippen molar-refractivity contribution in [3.05, 3.63) is 69.1 Å². The second kappa shape index (κ2) is 4.40. The van der Waals surface area contributed by atoms with Gasteiger partial charge in [0.2, 0.25) is 0 Å². The van der Waals surface area contributed by atoms with Crippen LogP contribution in [0.15, 0.2) is 41.2 Å². The molecule has 3 rings (SSSR count). The Morgan fingerprint density at radius 3 is 2.84 bits per heavy atom. The van der Waals surface area contributed by atoms with E-state index < -0.39 is 0 Å². The van der Waals surface area contributed by atoms with Crippen LogP contribution in [-0.2, 0) is 13.0 Å². The summed E-state index contributed by atoms with van der Waals surface area (Å²) in [6.07, 6.45) is 1.01. The lowest BCUT2D eigenvalue weighted by Crippen LogP contribution is -2.30. The van der Waals surface area contributed by atoms with Crippen LogP contribution >= 0.6 is 0 Å². The molecule has 0 radical (unpaired) electrons. The first-order valence-corrected chi connectivity index (χ1v) is 6.39. The van der Waals surface area contributed by atoms with Crippen LogP contribution in [-0.4, -0.2) is 4.57 Å². The van der Waals surface area contributed by atoms with Gasteiger partial charge >= 0.3 is 0 Å². The van der Waals surface area contributed by atoms with Gasteiger partial charge in [0.25, 0.3) is 5.56 Å². The lowest BCUT2D eigenvalue weighted by Gasteiger charge is -2.31. The Morgan fingerprint density at radius 1 is 1.32 bits per heavy atom. The first-order chi connectivity index (χ1) is 9.20. The highest BCUT2D eigenvalue weighted by atomic mass is 16.1. The van der Waals surface area contributed by atoms with Crippen molar-refractivity contribution in [2.45, 2.75) is 25.8 Å². The van der Waals surface area contributed by atoms with E-state index in [1.807, 2.05) is 31.2 Å². The zero-order chi connectivity index (χ0) is 13.4. The third kappa shape index (κ3) is 1.86. The predicted octanol–water partition coefficient (Wildman–Crippen LogP) is 2.37. The molecule has 1 aliphatic carbocycles. The average Bonchev–Trinajstić information content (AvgIpc) is 2.39. The monoisotopic (exact) mass is 250 g/mol. The number of rotatable bonds is 2. The van der Waals surface area contributed by atoms with Gasteiger partial charge in [-0.05, 0) is 36.6 Å². The van der Waals surface area contributed by atoms with Crippen molar-refractivity contribution in [2.24, 2.45) is 0 Å². The molecule has 0 spiro atoms. The van der Waals surface area contributed by atoms with E-state index in [1.54, 1.807) is 10.6 Å². The van der Waals surface area contributed by atoms with Crippen molar-refractivity contribution in [1.29, 1.82) is 5.26 Å². The third-order valence-corrected chi connectivity index (χ3v) is 3.88. The van der Waals surface area contributed by atoms with Crippen LogP contribution in [0.25, 0.3) is 0 Å². The van der Waals surface area contributed by atoms with E-state index in [0.29, 0.717) is 12.5 Å². The number of hydrogen-bond acceptors (Lipinski definition) is 2. The fourth-order valence-corrected chi connectivity index (χ4v) is 2.73. The Bertz CT molecular complexity index is 737. The molecule has 0 saturated carbocycles. The number of nitriles is 1. The highest BCUT2D eigenvalue weighted by Crippen LogP contribution is 2.35. The lowest BCUT2D eigenvalue weighted by molar-refractivity contribution is 0.491. The highest BCUT2D eigenvalue weighted by molar-refractivity contribution is 5.40. The number of fused-ring (bicyclic) bond motifs is 1.